The van der Waals surface area contributed by atoms with E-state index in [1.54, 1.807) is 0 Å². The average molecular weight is 275 g/mol. The highest BCUT2D eigenvalue weighted by molar-refractivity contribution is 5.45. The van der Waals surface area contributed by atoms with Gasteiger partial charge in [-0.25, -0.2) is 0 Å². The first kappa shape index (κ1) is 13.8. The van der Waals surface area contributed by atoms with Crippen LogP contribution in [-0.2, 0) is 11.2 Å². The number of nitrogens with zero attached hydrogens (tertiary/aromatic N) is 3. The molecule has 0 spiro atoms. The summed E-state index contributed by atoms with van der Waals surface area (Å²) in [4.78, 5) is 9.29. The topological polar surface area (TPSA) is 28.6 Å². The molecule has 1 aromatic rings. The number of aromatic nitrogens is 1. The Balaban J connectivity index is 1.71. The van der Waals surface area contributed by atoms with Gasteiger partial charge < -0.3 is 14.5 Å². The van der Waals surface area contributed by atoms with Gasteiger partial charge in [0.25, 0.3) is 0 Å². The summed E-state index contributed by atoms with van der Waals surface area (Å²) < 4.78 is 6.06. The maximum Gasteiger partial charge on any atom is 0.0933 e. The molecule has 0 radical (unpaired) electrons. The molecule has 20 heavy (non-hydrogen) atoms. The summed E-state index contributed by atoms with van der Waals surface area (Å²) >= 11 is 0. The van der Waals surface area contributed by atoms with Crippen LogP contribution in [0.15, 0.2) is 18.3 Å². The van der Waals surface area contributed by atoms with Crippen molar-refractivity contribution in [3.8, 4) is 0 Å². The molecule has 0 amide bonds. The van der Waals surface area contributed by atoms with Crippen LogP contribution in [0.5, 0.6) is 0 Å². The second-order valence-electron chi connectivity index (χ2n) is 6.16. The summed E-state index contributed by atoms with van der Waals surface area (Å²) in [5, 5.41) is 0. The molecule has 1 atom stereocenters. The first-order valence-corrected chi connectivity index (χ1v) is 7.64. The van der Waals surface area contributed by atoms with E-state index in [1.165, 1.54) is 18.5 Å². The standard InChI is InChI=1S/C16H25N3O/c1-4-13-5-6-14(11-17-13)19-9-10-20-15(12-19)16(7-8-16)18(2)3/h5-6,11,15H,4,7-10,12H2,1-3H3/t15-/m1/s1. The predicted molar refractivity (Wildman–Crippen MR) is 81.2 cm³/mol. The molecule has 4 nitrogen and oxygen atoms in total. The van der Waals surface area contributed by atoms with E-state index in [2.05, 4.69) is 47.9 Å². The summed E-state index contributed by atoms with van der Waals surface area (Å²) in [6, 6.07) is 4.34. The zero-order valence-electron chi connectivity index (χ0n) is 12.8. The second-order valence-corrected chi connectivity index (χ2v) is 6.16. The molecular formula is C16H25N3O. The van der Waals surface area contributed by atoms with Gasteiger partial charge in [-0.3, -0.25) is 4.98 Å². The Kier molecular flexibility index (Phi) is 3.69. The van der Waals surface area contributed by atoms with Crippen LogP contribution in [0.4, 0.5) is 5.69 Å². The van der Waals surface area contributed by atoms with Crippen molar-refractivity contribution in [2.75, 3.05) is 38.7 Å². The van der Waals surface area contributed by atoms with Crippen molar-refractivity contribution in [3.63, 3.8) is 0 Å². The normalized spacial score (nSPS) is 25.0. The summed E-state index contributed by atoms with van der Waals surface area (Å²) in [6.45, 7) is 4.90. The number of anilines is 1. The largest absolute Gasteiger partial charge is 0.373 e. The van der Waals surface area contributed by atoms with Crippen LogP contribution in [0, 0.1) is 0 Å². The predicted octanol–water partition coefficient (Wildman–Crippen LogP) is 1.94. The zero-order chi connectivity index (χ0) is 14.2. The minimum atomic E-state index is 0.273. The van der Waals surface area contributed by atoms with Crippen LogP contribution in [-0.4, -0.2) is 55.3 Å². The van der Waals surface area contributed by atoms with E-state index < -0.39 is 0 Å². The molecule has 2 fully saturated rings. The number of hydrogen-bond acceptors (Lipinski definition) is 4. The summed E-state index contributed by atoms with van der Waals surface area (Å²) in [7, 11) is 4.35. The van der Waals surface area contributed by atoms with Crippen LogP contribution < -0.4 is 4.90 Å². The van der Waals surface area contributed by atoms with Gasteiger partial charge in [0, 0.05) is 24.3 Å². The number of hydrogen-bond donors (Lipinski definition) is 0. The van der Waals surface area contributed by atoms with Crippen LogP contribution in [0.25, 0.3) is 0 Å². The molecule has 2 aliphatic rings. The third kappa shape index (κ3) is 2.42. The Bertz CT molecular complexity index is 453. The van der Waals surface area contributed by atoms with Crippen molar-refractivity contribution in [2.24, 2.45) is 0 Å². The van der Waals surface area contributed by atoms with Gasteiger partial charge in [-0.1, -0.05) is 6.92 Å². The molecule has 4 heteroatoms. The van der Waals surface area contributed by atoms with Gasteiger partial charge >= 0.3 is 0 Å². The fourth-order valence-corrected chi connectivity index (χ4v) is 3.21. The number of aryl methyl sites for hydroxylation is 1. The SMILES string of the molecule is CCc1ccc(N2CCO[C@@H](C3(N(C)C)CC3)C2)cn1. The highest BCUT2D eigenvalue weighted by Gasteiger charge is 2.53. The van der Waals surface area contributed by atoms with Gasteiger partial charge in [-0.15, -0.1) is 0 Å². The van der Waals surface area contributed by atoms with Crippen LogP contribution in [0.3, 0.4) is 0 Å². The maximum absolute atomic E-state index is 6.06. The van der Waals surface area contributed by atoms with E-state index in [9.17, 15) is 0 Å². The molecule has 1 saturated heterocycles. The van der Waals surface area contributed by atoms with Crippen molar-refractivity contribution in [2.45, 2.75) is 37.8 Å². The van der Waals surface area contributed by atoms with Gasteiger partial charge in [0.05, 0.1) is 24.6 Å². The fourth-order valence-electron chi connectivity index (χ4n) is 3.21. The molecule has 1 aliphatic heterocycles. The average Bonchev–Trinajstić information content (AvgIpc) is 3.29. The summed E-state index contributed by atoms with van der Waals surface area (Å²) in [5.74, 6) is 0. The molecule has 1 aromatic heterocycles. The molecular weight excluding hydrogens is 250 g/mol. The molecule has 0 aromatic carbocycles. The minimum absolute atomic E-state index is 0.273. The second kappa shape index (κ2) is 5.34. The van der Waals surface area contributed by atoms with Gasteiger partial charge in [0.15, 0.2) is 0 Å². The highest BCUT2D eigenvalue weighted by Crippen LogP contribution is 2.45. The van der Waals surface area contributed by atoms with E-state index in [1.807, 2.05) is 6.20 Å². The van der Waals surface area contributed by atoms with Crippen LogP contribution in [0.1, 0.15) is 25.5 Å². The third-order valence-corrected chi connectivity index (χ3v) is 4.86. The molecule has 1 aliphatic carbocycles. The van der Waals surface area contributed by atoms with Crippen molar-refractivity contribution < 1.29 is 4.74 Å². The molecule has 0 bridgehead atoms. The van der Waals surface area contributed by atoms with Crippen molar-refractivity contribution in [3.05, 3.63) is 24.0 Å². The maximum atomic E-state index is 6.06. The Morgan fingerprint density at radius 1 is 1.40 bits per heavy atom. The zero-order valence-corrected chi connectivity index (χ0v) is 12.8. The highest BCUT2D eigenvalue weighted by atomic mass is 16.5. The van der Waals surface area contributed by atoms with Crippen LogP contribution in [0.2, 0.25) is 0 Å². The molecule has 1 saturated carbocycles. The molecule has 110 valence electrons. The summed E-state index contributed by atoms with van der Waals surface area (Å²) in [6.07, 6.45) is 5.83. The number of ether oxygens (including phenoxy) is 1. The number of rotatable bonds is 4. The molecule has 0 N–H and O–H groups in total. The lowest BCUT2D eigenvalue weighted by atomic mass is 10.1. The first-order valence-electron chi connectivity index (χ1n) is 7.64. The Morgan fingerprint density at radius 3 is 2.75 bits per heavy atom. The lowest BCUT2D eigenvalue weighted by Crippen LogP contribution is -2.53. The van der Waals surface area contributed by atoms with Crippen molar-refractivity contribution >= 4 is 5.69 Å². The van der Waals surface area contributed by atoms with Crippen molar-refractivity contribution in [1.82, 2.24) is 9.88 Å². The minimum Gasteiger partial charge on any atom is -0.373 e. The van der Waals surface area contributed by atoms with Gasteiger partial charge in [-0.05, 0) is 45.5 Å². The van der Waals surface area contributed by atoms with Gasteiger partial charge in [0.2, 0.25) is 0 Å². The van der Waals surface area contributed by atoms with Gasteiger partial charge in [0.1, 0.15) is 0 Å². The lowest BCUT2D eigenvalue weighted by Gasteiger charge is -2.40. The number of pyridine rings is 1. The fraction of sp³-hybridized carbons (Fsp3) is 0.688. The summed E-state index contributed by atoms with van der Waals surface area (Å²) in [5.41, 5.74) is 2.66. The Morgan fingerprint density at radius 2 is 2.20 bits per heavy atom. The number of morpholine rings is 1. The monoisotopic (exact) mass is 275 g/mol. The molecule has 2 heterocycles. The van der Waals surface area contributed by atoms with Crippen LogP contribution >= 0.6 is 0 Å². The van der Waals surface area contributed by atoms with E-state index in [0.717, 1.165) is 31.8 Å². The number of likely N-dealkylation sites (N-methyl/N-ethyl adjacent to an activating group) is 1. The third-order valence-electron chi connectivity index (χ3n) is 4.86. The van der Waals surface area contributed by atoms with Crippen molar-refractivity contribution in [1.29, 1.82) is 0 Å². The first-order chi connectivity index (χ1) is 9.65. The van der Waals surface area contributed by atoms with E-state index >= 15 is 0 Å². The van der Waals surface area contributed by atoms with E-state index in [0.29, 0.717) is 6.10 Å². The van der Waals surface area contributed by atoms with E-state index in [-0.39, 0.29) is 5.54 Å². The Labute approximate surface area is 121 Å². The molecule has 3 rings (SSSR count). The smallest absolute Gasteiger partial charge is 0.0933 e. The van der Waals surface area contributed by atoms with E-state index in [4.69, 9.17) is 4.74 Å². The Hall–Kier alpha value is -1.13. The van der Waals surface area contributed by atoms with Gasteiger partial charge in [-0.2, -0.15) is 0 Å². The quantitative estimate of drug-likeness (QED) is 0.839. The molecule has 0 unspecified atom stereocenters. The lowest BCUT2D eigenvalue weighted by molar-refractivity contribution is -0.0215.